The van der Waals surface area contributed by atoms with Gasteiger partial charge in [0.05, 0.1) is 4.90 Å². The summed E-state index contributed by atoms with van der Waals surface area (Å²) < 4.78 is 125. The molecule has 2 N–H and O–H groups in total. The molecule has 1 saturated carbocycles. The summed E-state index contributed by atoms with van der Waals surface area (Å²) in [6, 6.07) is 5.70. The van der Waals surface area contributed by atoms with E-state index in [-0.39, 0.29) is 36.1 Å². The fraction of sp³-hybridized carbons (Fsp3) is 0.500. The van der Waals surface area contributed by atoms with Crippen LogP contribution in [0.1, 0.15) is 57.6 Å². The molecule has 14 heteroatoms. The Morgan fingerprint density at radius 2 is 1.38 bits per heavy atom. The van der Waals surface area contributed by atoms with Crippen molar-refractivity contribution in [2.24, 2.45) is 0 Å². The van der Waals surface area contributed by atoms with Crippen LogP contribution in [-0.2, 0) is 24.9 Å². The summed E-state index contributed by atoms with van der Waals surface area (Å²) in [6.45, 7) is 4.95. The molecule has 0 atom stereocenters. The van der Waals surface area contributed by atoms with Crippen LogP contribution >= 0.6 is 0 Å². The Hall–Kier alpha value is -2.87. The molecule has 2 aromatic carbocycles. The van der Waals surface area contributed by atoms with Crippen molar-refractivity contribution in [3.63, 3.8) is 0 Å². The van der Waals surface area contributed by atoms with Crippen molar-refractivity contribution in [1.82, 2.24) is 5.32 Å². The standard InChI is InChI=1S/C26H28F7NO5S/c1-22(2,3)39-21(35)34-19-12-14-23(15-13-19,40(37,38)20-10-8-18(27)9-11-20)16-4-6-17(7-5-16)24(36,25(28,29)30)26(31,32)33/h4-11,19,36H,12-15H2,1-3H3,(H,34,35). The Balaban J connectivity index is 2.05. The molecular weight excluding hydrogens is 571 g/mol. The lowest BCUT2D eigenvalue weighted by Gasteiger charge is -2.40. The maximum Gasteiger partial charge on any atom is 0.430 e. The van der Waals surface area contributed by atoms with E-state index in [1.807, 2.05) is 0 Å². The maximum absolute atomic E-state index is 13.9. The number of alkyl halides is 6. The summed E-state index contributed by atoms with van der Waals surface area (Å²) in [5.74, 6) is -0.721. The summed E-state index contributed by atoms with van der Waals surface area (Å²) in [6.07, 6.45) is -13.2. The number of carbonyl (C=O) groups excluding carboxylic acids is 1. The highest BCUT2D eigenvalue weighted by atomic mass is 32.2. The number of aliphatic hydroxyl groups is 1. The van der Waals surface area contributed by atoms with Gasteiger partial charge in [-0.25, -0.2) is 17.6 Å². The van der Waals surface area contributed by atoms with Crippen LogP contribution in [0, 0.1) is 5.82 Å². The van der Waals surface area contributed by atoms with E-state index in [9.17, 15) is 49.1 Å². The molecule has 40 heavy (non-hydrogen) atoms. The average Bonchev–Trinajstić information content (AvgIpc) is 2.82. The van der Waals surface area contributed by atoms with Crippen molar-refractivity contribution in [2.45, 2.75) is 85.7 Å². The van der Waals surface area contributed by atoms with Crippen molar-refractivity contribution >= 4 is 15.9 Å². The van der Waals surface area contributed by atoms with E-state index in [4.69, 9.17) is 4.74 Å². The van der Waals surface area contributed by atoms with E-state index < -0.39 is 61.7 Å². The van der Waals surface area contributed by atoms with Gasteiger partial charge >= 0.3 is 18.4 Å². The number of nitrogens with one attached hydrogen (secondary N) is 1. The number of benzene rings is 2. The predicted molar refractivity (Wildman–Crippen MR) is 129 cm³/mol. The second-order valence-electron chi connectivity index (χ2n) is 10.7. The van der Waals surface area contributed by atoms with Gasteiger partial charge in [0.15, 0.2) is 9.84 Å². The molecule has 1 aliphatic carbocycles. The zero-order valence-corrected chi connectivity index (χ0v) is 22.5. The largest absolute Gasteiger partial charge is 0.444 e. The summed E-state index contributed by atoms with van der Waals surface area (Å²) in [7, 11) is -4.40. The Morgan fingerprint density at radius 1 is 0.900 bits per heavy atom. The van der Waals surface area contributed by atoms with Crippen LogP contribution in [0.4, 0.5) is 35.5 Å². The number of carbonyl (C=O) groups is 1. The zero-order chi connectivity index (χ0) is 30.4. The van der Waals surface area contributed by atoms with Crippen LogP contribution in [0.25, 0.3) is 0 Å². The Bertz CT molecular complexity index is 1290. The molecule has 0 unspecified atom stereocenters. The number of rotatable bonds is 5. The quantitative estimate of drug-likeness (QED) is 0.312. The van der Waals surface area contributed by atoms with Gasteiger partial charge in [0, 0.05) is 11.6 Å². The molecule has 1 aliphatic rings. The Morgan fingerprint density at radius 3 is 1.80 bits per heavy atom. The first-order valence-corrected chi connectivity index (χ1v) is 13.6. The van der Waals surface area contributed by atoms with E-state index in [0.29, 0.717) is 12.1 Å². The van der Waals surface area contributed by atoms with E-state index in [0.717, 1.165) is 36.4 Å². The van der Waals surface area contributed by atoms with Crippen LogP contribution in [0.15, 0.2) is 53.4 Å². The lowest BCUT2D eigenvalue weighted by molar-refractivity contribution is -0.376. The van der Waals surface area contributed by atoms with E-state index >= 15 is 0 Å². The molecule has 0 heterocycles. The van der Waals surface area contributed by atoms with E-state index in [1.165, 1.54) is 0 Å². The molecule has 0 aromatic heterocycles. The minimum absolute atomic E-state index is 0.0659. The third kappa shape index (κ3) is 5.92. The third-order valence-corrected chi connectivity index (χ3v) is 9.37. The molecule has 0 bridgehead atoms. The molecule has 6 nitrogen and oxygen atoms in total. The van der Waals surface area contributed by atoms with Crippen molar-refractivity contribution in [3.8, 4) is 0 Å². The second-order valence-corrected chi connectivity index (χ2v) is 12.9. The highest BCUT2D eigenvalue weighted by Gasteiger charge is 2.71. The van der Waals surface area contributed by atoms with Crippen molar-refractivity contribution in [2.75, 3.05) is 0 Å². The summed E-state index contributed by atoms with van der Waals surface area (Å²) in [5, 5.41) is 12.4. The molecule has 1 fully saturated rings. The number of hydrogen-bond acceptors (Lipinski definition) is 5. The second kappa shape index (κ2) is 10.5. The molecule has 0 aliphatic heterocycles. The van der Waals surface area contributed by atoms with Crippen molar-refractivity contribution < 1.29 is 53.8 Å². The van der Waals surface area contributed by atoms with E-state index in [2.05, 4.69) is 5.32 Å². The highest BCUT2D eigenvalue weighted by molar-refractivity contribution is 7.92. The molecule has 0 saturated heterocycles. The van der Waals surface area contributed by atoms with Gasteiger partial charge < -0.3 is 15.2 Å². The molecule has 2 aromatic rings. The topological polar surface area (TPSA) is 92.7 Å². The molecule has 1 amide bonds. The van der Waals surface area contributed by atoms with Gasteiger partial charge in [0.2, 0.25) is 0 Å². The predicted octanol–water partition coefficient (Wildman–Crippen LogP) is 6.27. The fourth-order valence-electron chi connectivity index (χ4n) is 4.76. The first kappa shape index (κ1) is 31.7. The van der Waals surface area contributed by atoms with Crippen LogP contribution in [0.3, 0.4) is 0 Å². The third-order valence-electron chi connectivity index (χ3n) is 6.80. The summed E-state index contributed by atoms with van der Waals surface area (Å²) in [4.78, 5) is 11.9. The van der Waals surface area contributed by atoms with Crippen LogP contribution in [0.5, 0.6) is 0 Å². The number of sulfone groups is 1. The number of alkyl carbamates (subject to hydrolysis) is 1. The smallest absolute Gasteiger partial charge is 0.430 e. The van der Waals surface area contributed by atoms with E-state index in [1.54, 1.807) is 20.8 Å². The number of amides is 1. The Kier molecular flexibility index (Phi) is 8.32. The summed E-state index contributed by atoms with van der Waals surface area (Å²) >= 11 is 0. The van der Waals surface area contributed by atoms with Crippen molar-refractivity contribution in [1.29, 1.82) is 0 Å². The van der Waals surface area contributed by atoms with Crippen LogP contribution < -0.4 is 5.32 Å². The van der Waals surface area contributed by atoms with Crippen LogP contribution in [-0.4, -0.2) is 43.6 Å². The number of ether oxygens (including phenoxy) is 1. The highest BCUT2D eigenvalue weighted by Crippen LogP contribution is 2.51. The summed E-state index contributed by atoms with van der Waals surface area (Å²) in [5.41, 5.74) is -7.64. The molecule has 0 spiro atoms. The maximum atomic E-state index is 13.9. The zero-order valence-electron chi connectivity index (χ0n) is 21.7. The van der Waals surface area contributed by atoms with Gasteiger partial charge in [-0.15, -0.1) is 0 Å². The van der Waals surface area contributed by atoms with Crippen LogP contribution in [0.2, 0.25) is 0 Å². The fourth-order valence-corrected chi connectivity index (χ4v) is 6.92. The normalized spacial score (nSPS) is 21.1. The monoisotopic (exact) mass is 599 g/mol. The minimum Gasteiger partial charge on any atom is -0.444 e. The van der Waals surface area contributed by atoms with Gasteiger partial charge in [0.25, 0.3) is 5.60 Å². The van der Waals surface area contributed by atoms with Gasteiger partial charge in [-0.05, 0) is 76.3 Å². The van der Waals surface area contributed by atoms with Crippen molar-refractivity contribution in [3.05, 3.63) is 65.5 Å². The Labute approximate surface area is 226 Å². The molecular formula is C26H28F7NO5S. The molecule has 3 rings (SSSR count). The first-order chi connectivity index (χ1) is 18.1. The number of halogens is 7. The molecule has 222 valence electrons. The lowest BCUT2D eigenvalue weighted by atomic mass is 9.80. The number of hydrogen-bond donors (Lipinski definition) is 2. The van der Waals surface area contributed by atoms with Gasteiger partial charge in [-0.2, -0.15) is 26.3 Å². The molecule has 0 radical (unpaired) electrons. The SMILES string of the molecule is CC(C)(C)OC(=O)NC1CCC(c2ccc(C(O)(C(F)(F)F)C(F)(F)F)cc2)(S(=O)(=O)c2ccc(F)cc2)CC1. The van der Waals surface area contributed by atoms with Gasteiger partial charge in [-0.3, -0.25) is 0 Å². The first-order valence-electron chi connectivity index (χ1n) is 12.1. The van der Waals surface area contributed by atoms with Gasteiger partial charge in [0.1, 0.15) is 16.2 Å². The van der Waals surface area contributed by atoms with Gasteiger partial charge in [-0.1, -0.05) is 24.3 Å². The minimum atomic E-state index is -6.12. The lowest BCUT2D eigenvalue weighted by Crippen LogP contribution is -2.54. The average molecular weight is 600 g/mol.